The predicted molar refractivity (Wildman–Crippen MR) is 119 cm³/mol. The minimum atomic E-state index is -0.624. The molecule has 29 heavy (non-hydrogen) atoms. The highest BCUT2D eigenvalue weighted by Gasteiger charge is 2.23. The molecule has 0 aliphatic rings. The minimum absolute atomic E-state index is 0.329. The molecule has 0 aromatic heterocycles. The van der Waals surface area contributed by atoms with Crippen LogP contribution in [0.5, 0.6) is 5.75 Å². The number of nitrogens with one attached hydrogen (secondary N) is 1. The molecule has 1 N–H and O–H groups in total. The second-order valence-corrected chi connectivity index (χ2v) is 7.81. The van der Waals surface area contributed by atoms with Gasteiger partial charge in [-0.3, -0.25) is 0 Å². The van der Waals surface area contributed by atoms with E-state index in [2.05, 4.69) is 23.5 Å². The molecule has 0 amide bonds. The molecule has 150 valence electrons. The summed E-state index contributed by atoms with van der Waals surface area (Å²) in [5.41, 5.74) is 1.29. The summed E-state index contributed by atoms with van der Waals surface area (Å²) in [6, 6.07) is 21.2. The van der Waals surface area contributed by atoms with Gasteiger partial charge in [0.15, 0.2) is 0 Å². The SMILES string of the molecule is COc1ccc(NC(/C=C/c2cccc3ccccc23)C(=O)OC(C)(C)C)cc1. The van der Waals surface area contributed by atoms with Gasteiger partial charge >= 0.3 is 5.97 Å². The first-order valence-electron chi connectivity index (χ1n) is 9.65. The topological polar surface area (TPSA) is 47.6 Å². The maximum atomic E-state index is 12.8. The van der Waals surface area contributed by atoms with Crippen molar-refractivity contribution in [3.8, 4) is 5.75 Å². The number of rotatable bonds is 6. The zero-order chi connectivity index (χ0) is 20.9. The Labute approximate surface area is 172 Å². The van der Waals surface area contributed by atoms with Crippen LogP contribution < -0.4 is 10.1 Å². The van der Waals surface area contributed by atoms with Crippen LogP contribution in [-0.4, -0.2) is 24.7 Å². The molecule has 3 rings (SSSR count). The van der Waals surface area contributed by atoms with Gasteiger partial charge in [-0.15, -0.1) is 0 Å². The number of hydrogen-bond acceptors (Lipinski definition) is 4. The number of benzene rings is 3. The molecule has 0 spiro atoms. The van der Waals surface area contributed by atoms with E-state index in [1.807, 2.05) is 81.5 Å². The first-order chi connectivity index (χ1) is 13.9. The molecule has 3 aromatic rings. The van der Waals surface area contributed by atoms with Crippen molar-refractivity contribution in [2.75, 3.05) is 12.4 Å². The smallest absolute Gasteiger partial charge is 0.333 e. The summed E-state index contributed by atoms with van der Waals surface area (Å²) in [7, 11) is 1.62. The van der Waals surface area contributed by atoms with Crippen molar-refractivity contribution in [1.82, 2.24) is 0 Å². The Morgan fingerprint density at radius 1 is 0.966 bits per heavy atom. The van der Waals surface area contributed by atoms with Crippen molar-refractivity contribution in [3.05, 3.63) is 78.4 Å². The number of fused-ring (bicyclic) bond motifs is 1. The van der Waals surface area contributed by atoms with Gasteiger partial charge in [-0.05, 0) is 61.4 Å². The van der Waals surface area contributed by atoms with Gasteiger partial charge in [-0.25, -0.2) is 4.79 Å². The maximum absolute atomic E-state index is 12.8. The lowest BCUT2D eigenvalue weighted by Gasteiger charge is -2.23. The molecule has 0 aliphatic heterocycles. The molecule has 4 heteroatoms. The number of hydrogen-bond donors (Lipinski definition) is 1. The highest BCUT2D eigenvalue weighted by atomic mass is 16.6. The molecular formula is C25H27NO3. The summed E-state index contributed by atoms with van der Waals surface area (Å²) < 4.78 is 10.8. The predicted octanol–water partition coefficient (Wildman–Crippen LogP) is 5.68. The lowest BCUT2D eigenvalue weighted by atomic mass is 10.0. The third-order valence-corrected chi connectivity index (χ3v) is 4.36. The molecule has 4 nitrogen and oxygen atoms in total. The summed E-state index contributed by atoms with van der Waals surface area (Å²) in [4.78, 5) is 12.8. The number of anilines is 1. The molecular weight excluding hydrogens is 362 g/mol. The highest BCUT2D eigenvalue weighted by Crippen LogP contribution is 2.21. The third-order valence-electron chi connectivity index (χ3n) is 4.36. The second-order valence-electron chi connectivity index (χ2n) is 7.81. The fourth-order valence-electron chi connectivity index (χ4n) is 3.01. The van der Waals surface area contributed by atoms with E-state index in [1.54, 1.807) is 7.11 Å². The summed E-state index contributed by atoms with van der Waals surface area (Å²) >= 11 is 0. The first-order valence-corrected chi connectivity index (χ1v) is 9.65. The van der Waals surface area contributed by atoms with Crippen LogP contribution in [0.4, 0.5) is 5.69 Å². The highest BCUT2D eigenvalue weighted by molar-refractivity contribution is 5.91. The Balaban J connectivity index is 1.88. The van der Waals surface area contributed by atoms with E-state index in [0.29, 0.717) is 0 Å². The largest absolute Gasteiger partial charge is 0.497 e. The van der Waals surface area contributed by atoms with Crippen molar-refractivity contribution in [3.63, 3.8) is 0 Å². The van der Waals surface area contributed by atoms with Gasteiger partial charge < -0.3 is 14.8 Å². The first kappa shape index (κ1) is 20.5. The summed E-state index contributed by atoms with van der Waals surface area (Å²) in [5, 5.41) is 5.55. The summed E-state index contributed by atoms with van der Waals surface area (Å²) in [5.74, 6) is 0.431. The van der Waals surface area contributed by atoms with Crippen molar-refractivity contribution >= 4 is 28.5 Å². The van der Waals surface area contributed by atoms with E-state index in [4.69, 9.17) is 9.47 Å². The Hall–Kier alpha value is -3.27. The standard InChI is InChI=1S/C25H27NO3/c1-25(2,3)29-24(27)23(26-20-13-15-21(28-4)16-14-20)17-12-19-10-7-9-18-8-5-6-11-22(18)19/h5-17,23,26H,1-4H3/b17-12+. The van der Waals surface area contributed by atoms with Crippen LogP contribution in [0.1, 0.15) is 26.3 Å². The number of methoxy groups -OCH3 is 1. The van der Waals surface area contributed by atoms with Gasteiger partial charge in [0.25, 0.3) is 0 Å². The molecule has 0 saturated heterocycles. The monoisotopic (exact) mass is 389 g/mol. The molecule has 0 radical (unpaired) electrons. The Bertz CT molecular complexity index is 995. The molecule has 0 aliphatic carbocycles. The number of carbonyl (C=O) groups excluding carboxylic acids is 1. The fourth-order valence-corrected chi connectivity index (χ4v) is 3.01. The molecule has 3 aromatic carbocycles. The Morgan fingerprint density at radius 3 is 2.34 bits per heavy atom. The lowest BCUT2D eigenvalue weighted by molar-refractivity contribution is -0.154. The zero-order valence-electron chi connectivity index (χ0n) is 17.3. The van der Waals surface area contributed by atoms with Crippen LogP contribution in [0.15, 0.2) is 72.8 Å². The van der Waals surface area contributed by atoms with Crippen LogP contribution in [0.25, 0.3) is 16.8 Å². The molecule has 0 heterocycles. The number of carbonyl (C=O) groups is 1. The van der Waals surface area contributed by atoms with Crippen LogP contribution >= 0.6 is 0 Å². The number of ether oxygens (including phenoxy) is 2. The van der Waals surface area contributed by atoms with E-state index in [0.717, 1.165) is 27.8 Å². The van der Waals surface area contributed by atoms with Crippen LogP contribution in [0.2, 0.25) is 0 Å². The molecule has 0 saturated carbocycles. The van der Waals surface area contributed by atoms with E-state index >= 15 is 0 Å². The Morgan fingerprint density at radius 2 is 1.66 bits per heavy atom. The van der Waals surface area contributed by atoms with Gasteiger partial charge in [-0.1, -0.05) is 54.6 Å². The van der Waals surface area contributed by atoms with E-state index in [9.17, 15) is 4.79 Å². The molecule has 1 atom stereocenters. The van der Waals surface area contributed by atoms with Gasteiger partial charge in [0, 0.05) is 5.69 Å². The molecule has 0 bridgehead atoms. The molecule has 1 unspecified atom stereocenters. The Kier molecular flexibility index (Phi) is 6.23. The van der Waals surface area contributed by atoms with Gasteiger partial charge in [0.2, 0.25) is 0 Å². The fraction of sp³-hybridized carbons (Fsp3) is 0.240. The van der Waals surface area contributed by atoms with Crippen molar-refractivity contribution in [1.29, 1.82) is 0 Å². The average molecular weight is 389 g/mol. The maximum Gasteiger partial charge on any atom is 0.333 e. The van der Waals surface area contributed by atoms with Crippen molar-refractivity contribution < 1.29 is 14.3 Å². The van der Waals surface area contributed by atoms with Crippen LogP contribution in [0, 0.1) is 0 Å². The van der Waals surface area contributed by atoms with Gasteiger partial charge in [0.05, 0.1) is 7.11 Å². The molecule has 0 fully saturated rings. The zero-order valence-corrected chi connectivity index (χ0v) is 17.3. The quantitative estimate of drug-likeness (QED) is 0.551. The summed E-state index contributed by atoms with van der Waals surface area (Å²) in [6.45, 7) is 5.59. The second kappa shape index (κ2) is 8.82. The van der Waals surface area contributed by atoms with E-state index < -0.39 is 11.6 Å². The van der Waals surface area contributed by atoms with Crippen molar-refractivity contribution in [2.24, 2.45) is 0 Å². The van der Waals surface area contributed by atoms with Gasteiger partial charge in [0.1, 0.15) is 17.4 Å². The van der Waals surface area contributed by atoms with Crippen molar-refractivity contribution in [2.45, 2.75) is 32.4 Å². The normalized spacial score (nSPS) is 12.7. The lowest BCUT2D eigenvalue weighted by Crippen LogP contribution is -2.35. The van der Waals surface area contributed by atoms with Gasteiger partial charge in [-0.2, -0.15) is 0 Å². The van der Waals surface area contributed by atoms with Crippen LogP contribution in [0.3, 0.4) is 0 Å². The van der Waals surface area contributed by atoms with Crippen LogP contribution in [-0.2, 0) is 9.53 Å². The third kappa shape index (κ3) is 5.61. The van der Waals surface area contributed by atoms with E-state index in [-0.39, 0.29) is 5.97 Å². The minimum Gasteiger partial charge on any atom is -0.497 e. The number of esters is 1. The van der Waals surface area contributed by atoms with E-state index in [1.165, 1.54) is 0 Å². The average Bonchev–Trinajstić information content (AvgIpc) is 2.70. The summed E-state index contributed by atoms with van der Waals surface area (Å²) in [6.07, 6.45) is 3.81.